The third-order valence-electron chi connectivity index (χ3n) is 1.48. The van der Waals surface area contributed by atoms with Crippen LogP contribution in [0.2, 0.25) is 0 Å². The standard InChI is InChI=1S/C9H12BrNO/c10-9-4-2-1-3-8(9)7-12-6-5-11/h1-4H,5-7,11H2. The summed E-state index contributed by atoms with van der Waals surface area (Å²) < 4.78 is 6.38. The van der Waals surface area contributed by atoms with Gasteiger partial charge >= 0.3 is 0 Å². The number of hydrogen-bond donors (Lipinski definition) is 1. The summed E-state index contributed by atoms with van der Waals surface area (Å²) in [6, 6.07) is 8.00. The Kier molecular flexibility index (Phi) is 4.29. The van der Waals surface area contributed by atoms with E-state index in [2.05, 4.69) is 15.9 Å². The number of nitrogens with two attached hydrogens (primary N) is 1. The molecule has 0 atom stereocenters. The summed E-state index contributed by atoms with van der Waals surface area (Å²) >= 11 is 3.44. The monoisotopic (exact) mass is 229 g/mol. The van der Waals surface area contributed by atoms with Gasteiger partial charge in [-0.1, -0.05) is 34.1 Å². The van der Waals surface area contributed by atoms with E-state index in [9.17, 15) is 0 Å². The molecule has 0 heterocycles. The fourth-order valence-electron chi connectivity index (χ4n) is 0.881. The predicted molar refractivity (Wildman–Crippen MR) is 52.9 cm³/mol. The molecule has 0 spiro atoms. The Hall–Kier alpha value is -0.380. The summed E-state index contributed by atoms with van der Waals surface area (Å²) in [5.74, 6) is 0. The van der Waals surface area contributed by atoms with E-state index in [1.165, 1.54) is 0 Å². The van der Waals surface area contributed by atoms with Crippen LogP contribution in [-0.2, 0) is 11.3 Å². The van der Waals surface area contributed by atoms with E-state index in [4.69, 9.17) is 10.5 Å². The van der Waals surface area contributed by atoms with Gasteiger partial charge in [-0.3, -0.25) is 0 Å². The molecule has 2 N–H and O–H groups in total. The summed E-state index contributed by atoms with van der Waals surface area (Å²) in [6.07, 6.45) is 0. The number of hydrogen-bond acceptors (Lipinski definition) is 2. The van der Waals surface area contributed by atoms with Crippen molar-refractivity contribution in [2.75, 3.05) is 13.2 Å². The van der Waals surface area contributed by atoms with E-state index in [0.717, 1.165) is 10.0 Å². The fraction of sp³-hybridized carbons (Fsp3) is 0.333. The van der Waals surface area contributed by atoms with Crippen LogP contribution in [0.5, 0.6) is 0 Å². The second kappa shape index (κ2) is 5.30. The maximum absolute atomic E-state index is 5.29. The molecular formula is C9H12BrNO. The first-order valence-corrected chi connectivity index (χ1v) is 4.65. The summed E-state index contributed by atoms with van der Waals surface area (Å²) in [4.78, 5) is 0. The van der Waals surface area contributed by atoms with Crippen molar-refractivity contribution in [1.29, 1.82) is 0 Å². The molecule has 1 rings (SSSR count). The molecule has 1 aromatic carbocycles. The molecule has 12 heavy (non-hydrogen) atoms. The Bertz CT molecular complexity index is 240. The Labute approximate surface area is 80.8 Å². The first-order chi connectivity index (χ1) is 5.84. The average molecular weight is 230 g/mol. The quantitative estimate of drug-likeness (QED) is 0.802. The van der Waals surface area contributed by atoms with Crippen LogP contribution in [0.3, 0.4) is 0 Å². The van der Waals surface area contributed by atoms with Gasteiger partial charge in [0.2, 0.25) is 0 Å². The van der Waals surface area contributed by atoms with Crippen molar-refractivity contribution >= 4 is 15.9 Å². The molecule has 0 saturated heterocycles. The lowest BCUT2D eigenvalue weighted by Gasteiger charge is -2.04. The minimum Gasteiger partial charge on any atom is -0.375 e. The highest BCUT2D eigenvalue weighted by atomic mass is 79.9. The smallest absolute Gasteiger partial charge is 0.0728 e. The van der Waals surface area contributed by atoms with Crippen LogP contribution >= 0.6 is 15.9 Å². The molecule has 1 aromatic rings. The largest absolute Gasteiger partial charge is 0.375 e. The summed E-state index contributed by atoms with van der Waals surface area (Å²) in [5, 5.41) is 0. The minimum absolute atomic E-state index is 0.574. The maximum Gasteiger partial charge on any atom is 0.0728 e. The van der Waals surface area contributed by atoms with Crippen molar-refractivity contribution in [3.63, 3.8) is 0 Å². The van der Waals surface area contributed by atoms with Crippen molar-refractivity contribution in [3.05, 3.63) is 34.3 Å². The first-order valence-electron chi connectivity index (χ1n) is 3.86. The van der Waals surface area contributed by atoms with Gasteiger partial charge in [0.15, 0.2) is 0 Å². The van der Waals surface area contributed by atoms with Gasteiger partial charge in [0.25, 0.3) is 0 Å². The molecule has 66 valence electrons. The first kappa shape index (κ1) is 9.71. The molecule has 0 aliphatic carbocycles. The third-order valence-corrected chi connectivity index (χ3v) is 2.25. The SMILES string of the molecule is NCCOCc1ccccc1Br. The van der Waals surface area contributed by atoms with Crippen molar-refractivity contribution in [2.45, 2.75) is 6.61 Å². The lowest BCUT2D eigenvalue weighted by molar-refractivity contribution is 0.128. The molecule has 0 radical (unpaired) electrons. The van der Waals surface area contributed by atoms with E-state index in [-0.39, 0.29) is 0 Å². The van der Waals surface area contributed by atoms with Gasteiger partial charge in [-0.15, -0.1) is 0 Å². The summed E-state index contributed by atoms with van der Waals surface area (Å²) in [6.45, 7) is 1.81. The topological polar surface area (TPSA) is 35.2 Å². The van der Waals surface area contributed by atoms with Gasteiger partial charge < -0.3 is 10.5 Å². The van der Waals surface area contributed by atoms with E-state index < -0.39 is 0 Å². The van der Waals surface area contributed by atoms with Gasteiger partial charge in [0.05, 0.1) is 13.2 Å². The lowest BCUT2D eigenvalue weighted by atomic mass is 10.2. The molecule has 0 bridgehead atoms. The normalized spacial score (nSPS) is 10.2. The molecule has 0 amide bonds. The molecule has 0 aliphatic rings. The van der Waals surface area contributed by atoms with E-state index in [1.54, 1.807) is 0 Å². The van der Waals surface area contributed by atoms with Gasteiger partial charge in [-0.25, -0.2) is 0 Å². The molecule has 2 nitrogen and oxygen atoms in total. The Morgan fingerprint density at radius 2 is 2.08 bits per heavy atom. The van der Waals surface area contributed by atoms with Crippen LogP contribution in [0.4, 0.5) is 0 Å². The highest BCUT2D eigenvalue weighted by Gasteiger charge is 1.96. The summed E-state index contributed by atoms with van der Waals surface area (Å²) in [5.41, 5.74) is 6.45. The molecule has 0 aromatic heterocycles. The lowest BCUT2D eigenvalue weighted by Crippen LogP contribution is -2.08. The van der Waals surface area contributed by atoms with Crippen LogP contribution in [0, 0.1) is 0 Å². The van der Waals surface area contributed by atoms with Crippen molar-refractivity contribution in [3.8, 4) is 0 Å². The Balaban J connectivity index is 2.46. The van der Waals surface area contributed by atoms with E-state index in [0.29, 0.717) is 19.8 Å². The maximum atomic E-state index is 5.29. The average Bonchev–Trinajstić information content (AvgIpc) is 2.09. The van der Waals surface area contributed by atoms with Crippen LogP contribution in [0.15, 0.2) is 28.7 Å². The van der Waals surface area contributed by atoms with Gasteiger partial charge in [-0.2, -0.15) is 0 Å². The van der Waals surface area contributed by atoms with Crippen molar-refractivity contribution in [2.24, 2.45) is 5.73 Å². The van der Waals surface area contributed by atoms with Gasteiger partial charge in [-0.05, 0) is 11.6 Å². The number of benzene rings is 1. The molecular weight excluding hydrogens is 218 g/mol. The van der Waals surface area contributed by atoms with E-state index in [1.807, 2.05) is 24.3 Å². The highest BCUT2D eigenvalue weighted by molar-refractivity contribution is 9.10. The number of ether oxygens (including phenoxy) is 1. The van der Waals surface area contributed by atoms with Crippen molar-refractivity contribution < 1.29 is 4.74 Å². The molecule has 0 aliphatic heterocycles. The second-order valence-electron chi connectivity index (χ2n) is 2.43. The fourth-order valence-corrected chi connectivity index (χ4v) is 1.28. The van der Waals surface area contributed by atoms with Crippen LogP contribution < -0.4 is 5.73 Å². The molecule has 0 fully saturated rings. The molecule has 3 heteroatoms. The Morgan fingerprint density at radius 1 is 1.33 bits per heavy atom. The second-order valence-corrected chi connectivity index (χ2v) is 3.29. The van der Waals surface area contributed by atoms with Crippen LogP contribution in [0.1, 0.15) is 5.56 Å². The third kappa shape index (κ3) is 2.93. The minimum atomic E-state index is 0.574. The number of halogens is 1. The number of rotatable bonds is 4. The van der Waals surface area contributed by atoms with Gasteiger partial charge in [0, 0.05) is 11.0 Å². The zero-order valence-corrected chi connectivity index (χ0v) is 8.38. The van der Waals surface area contributed by atoms with Crippen LogP contribution in [-0.4, -0.2) is 13.2 Å². The molecule has 0 saturated carbocycles. The van der Waals surface area contributed by atoms with Crippen LogP contribution in [0.25, 0.3) is 0 Å². The zero-order chi connectivity index (χ0) is 8.81. The molecule has 0 unspecified atom stereocenters. The summed E-state index contributed by atoms with van der Waals surface area (Å²) in [7, 11) is 0. The Morgan fingerprint density at radius 3 is 2.75 bits per heavy atom. The van der Waals surface area contributed by atoms with Gasteiger partial charge in [0.1, 0.15) is 0 Å². The predicted octanol–water partition coefficient (Wildman–Crippen LogP) is 1.92. The van der Waals surface area contributed by atoms with Crippen molar-refractivity contribution in [1.82, 2.24) is 0 Å². The van der Waals surface area contributed by atoms with E-state index >= 15 is 0 Å². The highest BCUT2D eigenvalue weighted by Crippen LogP contribution is 2.16. The zero-order valence-electron chi connectivity index (χ0n) is 6.79.